The summed E-state index contributed by atoms with van der Waals surface area (Å²) in [5.41, 5.74) is 3.99. The van der Waals surface area contributed by atoms with Gasteiger partial charge in [-0.25, -0.2) is 9.97 Å². The van der Waals surface area contributed by atoms with Gasteiger partial charge >= 0.3 is 0 Å². The first-order valence-corrected chi connectivity index (χ1v) is 9.60. The Hall–Kier alpha value is -3.13. The minimum absolute atomic E-state index is 0.170. The van der Waals surface area contributed by atoms with Crippen LogP contribution in [0.5, 0.6) is 0 Å². The number of aliphatic imine (C=N–C) groups is 1. The van der Waals surface area contributed by atoms with E-state index >= 15 is 0 Å². The van der Waals surface area contributed by atoms with Crippen molar-refractivity contribution in [3.8, 4) is 11.3 Å². The molecule has 5 rings (SSSR count). The summed E-state index contributed by atoms with van der Waals surface area (Å²) in [5, 5.41) is 8.47. The van der Waals surface area contributed by atoms with Crippen LogP contribution in [0.25, 0.3) is 16.9 Å². The molecule has 8 heteroatoms. The number of rotatable bonds is 3. The summed E-state index contributed by atoms with van der Waals surface area (Å²) in [7, 11) is 1.90. The van der Waals surface area contributed by atoms with Crippen molar-refractivity contribution < 1.29 is 0 Å². The second-order valence-electron chi connectivity index (χ2n) is 6.31. The number of nitrogens with one attached hydrogen (secondary N) is 1. The average molecular weight is 375 g/mol. The van der Waals surface area contributed by atoms with Gasteiger partial charge in [-0.2, -0.15) is 5.10 Å². The zero-order valence-corrected chi connectivity index (χ0v) is 15.5. The summed E-state index contributed by atoms with van der Waals surface area (Å²) in [6.45, 7) is 0. The minimum atomic E-state index is 0.170. The number of hydrogen-bond donors (Lipinski definition) is 1. The van der Waals surface area contributed by atoms with Gasteiger partial charge < -0.3 is 5.32 Å². The van der Waals surface area contributed by atoms with Crippen LogP contribution in [0, 0.1) is 0 Å². The molecular formula is C19H17N7S. The molecule has 7 nitrogen and oxygen atoms in total. The Morgan fingerprint density at radius 1 is 1.15 bits per heavy atom. The number of anilines is 1. The molecule has 0 aliphatic carbocycles. The molecule has 0 saturated heterocycles. The van der Waals surface area contributed by atoms with Gasteiger partial charge in [0.25, 0.3) is 0 Å². The zero-order chi connectivity index (χ0) is 18.2. The van der Waals surface area contributed by atoms with Gasteiger partial charge in [0.1, 0.15) is 0 Å². The molecule has 0 saturated carbocycles. The molecule has 1 N–H and O–H groups in total. The smallest absolute Gasteiger partial charge is 0.180 e. The number of nitrogens with zero attached hydrogens (tertiary/aromatic N) is 6. The van der Waals surface area contributed by atoms with Gasteiger partial charge in [0, 0.05) is 37.0 Å². The van der Waals surface area contributed by atoms with Crippen molar-refractivity contribution in [2.45, 2.75) is 6.04 Å². The normalized spacial score (nSPS) is 16.6. The van der Waals surface area contributed by atoms with Crippen molar-refractivity contribution in [3.63, 3.8) is 0 Å². The molecule has 27 heavy (non-hydrogen) atoms. The fraction of sp³-hybridized carbons (Fsp3) is 0.158. The molecule has 1 aromatic carbocycles. The van der Waals surface area contributed by atoms with Crippen LogP contribution < -0.4 is 5.32 Å². The number of aryl methyl sites for hydroxylation is 1. The number of fused-ring (bicyclic) bond motifs is 1. The fourth-order valence-corrected chi connectivity index (χ4v) is 4.12. The van der Waals surface area contributed by atoms with Crippen molar-refractivity contribution in [2.75, 3.05) is 11.1 Å². The summed E-state index contributed by atoms with van der Waals surface area (Å²) >= 11 is 1.70. The van der Waals surface area contributed by atoms with Crippen LogP contribution in [0.2, 0.25) is 0 Å². The zero-order valence-electron chi connectivity index (χ0n) is 14.6. The number of benzene rings is 1. The van der Waals surface area contributed by atoms with Gasteiger partial charge in [-0.1, -0.05) is 42.1 Å². The van der Waals surface area contributed by atoms with E-state index in [0.29, 0.717) is 5.82 Å². The summed E-state index contributed by atoms with van der Waals surface area (Å²) in [4.78, 5) is 13.8. The first-order chi connectivity index (χ1) is 13.3. The maximum atomic E-state index is 4.81. The lowest BCUT2D eigenvalue weighted by Crippen LogP contribution is -2.08. The van der Waals surface area contributed by atoms with Gasteiger partial charge in [0.2, 0.25) is 0 Å². The fourth-order valence-electron chi connectivity index (χ4n) is 3.16. The highest BCUT2D eigenvalue weighted by Crippen LogP contribution is 2.31. The van der Waals surface area contributed by atoms with Crippen molar-refractivity contribution in [2.24, 2.45) is 12.0 Å². The highest BCUT2D eigenvalue weighted by molar-refractivity contribution is 8.14. The third kappa shape index (κ3) is 2.97. The van der Waals surface area contributed by atoms with Gasteiger partial charge in [-0.05, 0) is 5.56 Å². The topological polar surface area (TPSA) is 72.4 Å². The van der Waals surface area contributed by atoms with Crippen LogP contribution in [-0.4, -0.2) is 35.1 Å². The lowest BCUT2D eigenvalue weighted by atomic mass is 10.1. The Morgan fingerprint density at radius 3 is 2.85 bits per heavy atom. The van der Waals surface area contributed by atoms with Gasteiger partial charge in [-0.15, -0.1) is 0 Å². The first-order valence-electron chi connectivity index (χ1n) is 8.61. The lowest BCUT2D eigenvalue weighted by molar-refractivity contribution is 0.768. The molecule has 4 heterocycles. The summed E-state index contributed by atoms with van der Waals surface area (Å²) < 4.78 is 3.80. The number of amidine groups is 1. The Balaban J connectivity index is 1.45. The Morgan fingerprint density at radius 2 is 2.04 bits per heavy atom. The molecule has 1 aliphatic rings. The first kappa shape index (κ1) is 16.1. The second kappa shape index (κ2) is 6.55. The molecule has 4 aromatic rings. The standard InChI is InChI=1S/C19H17N7S/c1-25-11-14(9-22-25)16-10-21-18-17(20-7-8-26(16)18)24-19-23-15(12-27-19)13-5-3-2-4-6-13/h2-11,15H,12H2,1H3,(H,20,23,24). The van der Waals surface area contributed by atoms with E-state index in [9.17, 15) is 0 Å². The van der Waals surface area contributed by atoms with Gasteiger partial charge in [0.05, 0.1) is 24.1 Å². The minimum Gasteiger partial charge on any atom is -0.317 e. The van der Waals surface area contributed by atoms with Crippen molar-refractivity contribution in [3.05, 3.63) is 66.9 Å². The average Bonchev–Trinajstić information content (AvgIpc) is 3.42. The predicted molar refractivity (Wildman–Crippen MR) is 108 cm³/mol. The number of aromatic nitrogens is 5. The summed E-state index contributed by atoms with van der Waals surface area (Å²) in [6, 6.07) is 10.5. The number of imidazole rings is 1. The summed E-state index contributed by atoms with van der Waals surface area (Å²) in [6.07, 6.45) is 9.32. The van der Waals surface area contributed by atoms with Crippen LogP contribution in [0.15, 0.2) is 66.3 Å². The molecule has 3 aromatic heterocycles. The van der Waals surface area contributed by atoms with Gasteiger partial charge in [0.15, 0.2) is 16.6 Å². The number of thioether (sulfide) groups is 1. The van der Waals surface area contributed by atoms with Crippen LogP contribution in [0.1, 0.15) is 11.6 Å². The highest BCUT2D eigenvalue weighted by Gasteiger charge is 2.21. The number of hydrogen-bond acceptors (Lipinski definition) is 6. The quantitative estimate of drug-likeness (QED) is 0.594. The predicted octanol–water partition coefficient (Wildman–Crippen LogP) is 3.39. The highest BCUT2D eigenvalue weighted by atomic mass is 32.2. The Bertz CT molecular complexity index is 1130. The summed E-state index contributed by atoms with van der Waals surface area (Å²) in [5.74, 6) is 1.62. The monoisotopic (exact) mass is 375 g/mol. The van der Waals surface area contributed by atoms with Crippen LogP contribution in [0.3, 0.4) is 0 Å². The van der Waals surface area contributed by atoms with E-state index < -0.39 is 0 Å². The van der Waals surface area contributed by atoms with Crippen LogP contribution >= 0.6 is 11.8 Å². The van der Waals surface area contributed by atoms with E-state index in [1.807, 2.05) is 54.4 Å². The Labute approximate surface area is 160 Å². The Kier molecular flexibility index (Phi) is 3.90. The molecule has 0 spiro atoms. The van der Waals surface area contributed by atoms with E-state index in [0.717, 1.165) is 27.8 Å². The molecule has 0 bridgehead atoms. The molecule has 0 amide bonds. The van der Waals surface area contributed by atoms with Crippen LogP contribution in [0.4, 0.5) is 5.82 Å². The second-order valence-corrected chi connectivity index (χ2v) is 7.32. The largest absolute Gasteiger partial charge is 0.317 e. The SMILES string of the molecule is Cn1cc(-c2cnc3c(NC4=NC(c5ccccc5)CS4)nccn23)cn1. The van der Waals surface area contributed by atoms with Crippen molar-refractivity contribution >= 4 is 28.4 Å². The van der Waals surface area contributed by atoms with E-state index in [-0.39, 0.29) is 6.04 Å². The third-order valence-corrected chi connectivity index (χ3v) is 5.45. The molecule has 0 radical (unpaired) electrons. The van der Waals surface area contributed by atoms with E-state index in [4.69, 9.17) is 4.99 Å². The van der Waals surface area contributed by atoms with E-state index in [1.165, 1.54) is 5.56 Å². The van der Waals surface area contributed by atoms with Crippen molar-refractivity contribution in [1.29, 1.82) is 0 Å². The van der Waals surface area contributed by atoms with E-state index in [2.05, 4.69) is 32.5 Å². The lowest BCUT2D eigenvalue weighted by Gasteiger charge is -2.06. The van der Waals surface area contributed by atoms with Gasteiger partial charge in [-0.3, -0.25) is 14.1 Å². The molecule has 1 aliphatic heterocycles. The molecule has 134 valence electrons. The molecule has 1 atom stereocenters. The van der Waals surface area contributed by atoms with Crippen molar-refractivity contribution in [1.82, 2.24) is 24.1 Å². The molecule has 0 fully saturated rings. The maximum absolute atomic E-state index is 4.81. The third-order valence-electron chi connectivity index (χ3n) is 4.49. The maximum Gasteiger partial charge on any atom is 0.180 e. The van der Waals surface area contributed by atoms with Crippen LogP contribution in [-0.2, 0) is 7.05 Å². The molecule has 1 unspecified atom stereocenters. The van der Waals surface area contributed by atoms with E-state index in [1.54, 1.807) is 22.6 Å². The molecular weight excluding hydrogens is 358 g/mol.